The van der Waals surface area contributed by atoms with Crippen molar-refractivity contribution in [3.8, 4) is 0 Å². The number of nitrogens with zero attached hydrogens (tertiary/aromatic N) is 1. The fraction of sp³-hybridized carbons (Fsp3) is 0.938. The molecule has 0 aromatic carbocycles. The van der Waals surface area contributed by atoms with Crippen molar-refractivity contribution in [3.05, 3.63) is 0 Å². The first-order valence-electron chi connectivity index (χ1n) is 9.26. The van der Waals surface area contributed by atoms with E-state index < -0.39 is 31.1 Å². The second-order valence-corrected chi connectivity index (χ2v) is 12.7. The number of hydrogen-bond donors (Lipinski definition) is 1. The van der Waals surface area contributed by atoms with E-state index in [1.165, 1.54) is 0 Å². The van der Waals surface area contributed by atoms with E-state index in [-0.39, 0.29) is 47.5 Å². The average molecular weight is 427 g/mol. The number of hydrogen-bond acceptors (Lipinski definition) is 6. The van der Waals surface area contributed by atoms with E-state index in [1.54, 1.807) is 4.90 Å². The Morgan fingerprint density at radius 1 is 0.923 bits per heavy atom. The van der Waals surface area contributed by atoms with Gasteiger partial charge in [0.1, 0.15) is 0 Å². The topological polar surface area (TPSA) is 101 Å². The smallest absolute Gasteiger partial charge is 0.237 e. The minimum absolute atomic E-state index is 0.00352. The molecule has 3 atom stereocenters. The number of carbonyl (C=O) groups excluding carboxylic acids is 1. The van der Waals surface area contributed by atoms with Crippen LogP contribution in [0.25, 0.3) is 0 Å². The first kappa shape index (κ1) is 20.4. The lowest BCUT2D eigenvalue weighted by Crippen LogP contribution is -2.53. The highest BCUT2D eigenvalue weighted by Crippen LogP contribution is 2.28. The van der Waals surface area contributed by atoms with Crippen LogP contribution in [0.1, 0.15) is 38.5 Å². The highest BCUT2D eigenvalue weighted by atomic mass is 35.5. The molecule has 0 aromatic heterocycles. The fourth-order valence-electron chi connectivity index (χ4n) is 4.36. The number of carbonyl (C=O) groups is 1. The summed E-state index contributed by atoms with van der Waals surface area (Å²) in [4.78, 5) is 14.7. The van der Waals surface area contributed by atoms with Gasteiger partial charge in [-0.15, -0.1) is 11.6 Å². The number of amides is 1. The van der Waals surface area contributed by atoms with Gasteiger partial charge in [0, 0.05) is 18.1 Å². The molecule has 10 heteroatoms. The van der Waals surface area contributed by atoms with Gasteiger partial charge in [-0.3, -0.25) is 4.79 Å². The molecular formula is C16H27ClN2O5S2. The zero-order valence-electron chi connectivity index (χ0n) is 14.8. The number of halogens is 1. The van der Waals surface area contributed by atoms with E-state index in [2.05, 4.69) is 5.32 Å². The second-order valence-electron chi connectivity index (χ2n) is 7.73. The fourth-order valence-corrected chi connectivity index (χ4v) is 8.68. The molecule has 0 radical (unpaired) electrons. The second kappa shape index (κ2) is 7.93. The highest BCUT2D eigenvalue weighted by Gasteiger charge is 2.40. The third-order valence-electron chi connectivity index (χ3n) is 5.66. The summed E-state index contributed by atoms with van der Waals surface area (Å²) in [7, 11) is -6.25. The molecule has 1 saturated carbocycles. The molecule has 3 unspecified atom stereocenters. The maximum absolute atomic E-state index is 12.9. The van der Waals surface area contributed by atoms with Crippen molar-refractivity contribution in [3.63, 3.8) is 0 Å². The van der Waals surface area contributed by atoms with Gasteiger partial charge in [0.2, 0.25) is 5.91 Å². The lowest BCUT2D eigenvalue weighted by Gasteiger charge is -2.38. The normalized spacial score (nSPS) is 34.0. The Kier molecular flexibility index (Phi) is 6.21. The van der Waals surface area contributed by atoms with E-state index in [1.807, 2.05) is 0 Å². The van der Waals surface area contributed by atoms with Crippen molar-refractivity contribution in [2.24, 2.45) is 0 Å². The molecule has 1 amide bonds. The van der Waals surface area contributed by atoms with Crippen LogP contribution in [0, 0.1) is 0 Å². The zero-order chi connectivity index (χ0) is 18.9. The molecule has 2 saturated heterocycles. The van der Waals surface area contributed by atoms with Crippen molar-refractivity contribution >= 4 is 37.2 Å². The van der Waals surface area contributed by atoms with Gasteiger partial charge in [0.05, 0.1) is 34.9 Å². The van der Waals surface area contributed by atoms with Crippen molar-refractivity contribution in [2.45, 2.75) is 62.0 Å². The van der Waals surface area contributed by atoms with Crippen molar-refractivity contribution < 1.29 is 21.6 Å². The molecule has 2 heterocycles. The SMILES string of the molecule is O=C(CNC1CS(=O)(=O)CC1Cl)N(C1CCCCC1)C1CCS(=O)(=O)C1. The molecule has 0 aromatic rings. The standard InChI is InChI=1S/C16H27ClN2O5S2/c17-14-10-26(23,24)11-15(14)18-8-16(20)19(12-4-2-1-3-5-12)13-6-7-25(21,22)9-13/h12-15,18H,1-11H2. The Labute approximate surface area is 160 Å². The van der Waals surface area contributed by atoms with Gasteiger partial charge >= 0.3 is 0 Å². The number of nitrogens with one attached hydrogen (secondary N) is 1. The largest absolute Gasteiger partial charge is 0.335 e. The summed E-state index contributed by atoms with van der Waals surface area (Å²) < 4.78 is 47.1. The molecule has 26 heavy (non-hydrogen) atoms. The predicted octanol–water partition coefficient (Wildman–Crippen LogP) is 0.329. The predicted molar refractivity (Wildman–Crippen MR) is 101 cm³/mol. The van der Waals surface area contributed by atoms with E-state index in [0.29, 0.717) is 6.42 Å². The Hall–Kier alpha value is -0.380. The van der Waals surface area contributed by atoms with Crippen LogP contribution < -0.4 is 5.32 Å². The lowest BCUT2D eigenvalue weighted by atomic mass is 9.93. The maximum atomic E-state index is 12.9. The maximum Gasteiger partial charge on any atom is 0.237 e. The molecule has 1 aliphatic carbocycles. The molecule has 3 fully saturated rings. The summed E-state index contributed by atoms with van der Waals surface area (Å²) >= 11 is 6.09. The first-order valence-corrected chi connectivity index (χ1v) is 13.3. The van der Waals surface area contributed by atoms with Gasteiger partial charge in [0.25, 0.3) is 0 Å². The summed E-state index contributed by atoms with van der Waals surface area (Å²) in [6.45, 7) is -0.00352. The average Bonchev–Trinajstić information content (AvgIpc) is 3.04. The number of alkyl halides is 1. The number of rotatable bonds is 5. The molecule has 1 N–H and O–H groups in total. The third kappa shape index (κ3) is 4.91. The summed E-state index contributed by atoms with van der Waals surface area (Å²) in [5, 5.41) is 2.46. The summed E-state index contributed by atoms with van der Waals surface area (Å²) in [6.07, 6.45) is 5.53. The van der Waals surface area contributed by atoms with Gasteiger partial charge in [-0.25, -0.2) is 16.8 Å². The third-order valence-corrected chi connectivity index (χ3v) is 9.78. The molecule has 2 aliphatic heterocycles. The van der Waals surface area contributed by atoms with Crippen LogP contribution in [0.2, 0.25) is 0 Å². The van der Waals surface area contributed by atoms with Crippen LogP contribution in [-0.2, 0) is 24.5 Å². The van der Waals surface area contributed by atoms with Gasteiger partial charge in [-0.2, -0.15) is 0 Å². The minimum atomic E-state index is -3.16. The highest BCUT2D eigenvalue weighted by molar-refractivity contribution is 7.92. The molecule has 0 bridgehead atoms. The molecule has 3 rings (SSSR count). The Balaban J connectivity index is 1.66. The minimum Gasteiger partial charge on any atom is -0.335 e. The van der Waals surface area contributed by atoms with Crippen molar-refractivity contribution in [2.75, 3.05) is 29.6 Å². The first-order chi connectivity index (χ1) is 12.2. The van der Waals surface area contributed by atoms with Crippen LogP contribution in [0.15, 0.2) is 0 Å². The van der Waals surface area contributed by atoms with E-state index in [4.69, 9.17) is 11.6 Å². The van der Waals surface area contributed by atoms with Gasteiger partial charge < -0.3 is 10.2 Å². The van der Waals surface area contributed by atoms with Crippen LogP contribution in [0.4, 0.5) is 0 Å². The van der Waals surface area contributed by atoms with Crippen LogP contribution in [-0.4, -0.2) is 80.7 Å². The Morgan fingerprint density at radius 2 is 1.62 bits per heavy atom. The van der Waals surface area contributed by atoms with E-state index in [0.717, 1.165) is 32.1 Å². The van der Waals surface area contributed by atoms with Crippen LogP contribution in [0.3, 0.4) is 0 Å². The number of sulfone groups is 2. The molecule has 7 nitrogen and oxygen atoms in total. The van der Waals surface area contributed by atoms with Crippen molar-refractivity contribution in [1.82, 2.24) is 10.2 Å². The molecule has 150 valence electrons. The van der Waals surface area contributed by atoms with Crippen LogP contribution >= 0.6 is 11.6 Å². The van der Waals surface area contributed by atoms with Gasteiger partial charge in [-0.05, 0) is 19.3 Å². The van der Waals surface area contributed by atoms with Gasteiger partial charge in [-0.1, -0.05) is 19.3 Å². The molecule has 3 aliphatic rings. The lowest BCUT2D eigenvalue weighted by molar-refractivity contribution is -0.135. The Morgan fingerprint density at radius 3 is 2.15 bits per heavy atom. The van der Waals surface area contributed by atoms with Crippen molar-refractivity contribution in [1.29, 1.82) is 0 Å². The van der Waals surface area contributed by atoms with Crippen LogP contribution in [0.5, 0.6) is 0 Å². The summed E-state index contributed by atoms with van der Waals surface area (Å²) in [6, 6.07) is -0.627. The van der Waals surface area contributed by atoms with E-state index in [9.17, 15) is 21.6 Å². The quantitative estimate of drug-likeness (QED) is 0.636. The van der Waals surface area contributed by atoms with Gasteiger partial charge in [0.15, 0.2) is 19.7 Å². The summed E-state index contributed by atoms with van der Waals surface area (Å²) in [5.74, 6) is -0.118. The Bertz CT molecular complexity index is 734. The summed E-state index contributed by atoms with van der Waals surface area (Å²) in [5.41, 5.74) is 0. The van der Waals surface area contributed by atoms with E-state index >= 15 is 0 Å². The zero-order valence-corrected chi connectivity index (χ0v) is 17.2. The molecular weight excluding hydrogens is 400 g/mol. The molecule has 0 spiro atoms. The monoisotopic (exact) mass is 426 g/mol.